The van der Waals surface area contributed by atoms with Crippen LogP contribution in [0.15, 0.2) is 33.6 Å². The Kier molecular flexibility index (Phi) is 4.86. The zero-order chi connectivity index (χ0) is 18.1. The highest BCUT2D eigenvalue weighted by Crippen LogP contribution is 2.31. The van der Waals surface area contributed by atoms with Gasteiger partial charge >= 0.3 is 17.8 Å². The molecule has 0 aliphatic rings. The number of carbonyl (C=O) groups excluding carboxylic acids is 1. The van der Waals surface area contributed by atoms with Crippen molar-refractivity contribution in [2.24, 2.45) is 0 Å². The number of alkyl halides is 3. The minimum atomic E-state index is -4.51. The van der Waals surface area contributed by atoms with Crippen LogP contribution in [0, 0.1) is 6.92 Å². The first-order chi connectivity index (χ1) is 11.1. The summed E-state index contributed by atoms with van der Waals surface area (Å²) in [7, 11) is 0. The largest absolute Gasteiger partial charge is 0.416 e. The molecule has 2 rings (SSSR count). The molecule has 0 saturated carbocycles. The van der Waals surface area contributed by atoms with Gasteiger partial charge in [0.15, 0.2) is 0 Å². The van der Waals surface area contributed by atoms with E-state index in [4.69, 9.17) is 4.52 Å². The van der Waals surface area contributed by atoms with Gasteiger partial charge in [-0.15, -0.1) is 4.74 Å². The van der Waals surface area contributed by atoms with Crippen molar-refractivity contribution in [3.05, 3.63) is 57.1 Å². The summed E-state index contributed by atoms with van der Waals surface area (Å²) in [5.74, 6) is -0.138. The first-order valence-corrected chi connectivity index (χ1v) is 7.29. The van der Waals surface area contributed by atoms with E-state index >= 15 is 0 Å². The Morgan fingerprint density at radius 3 is 2.46 bits per heavy atom. The van der Waals surface area contributed by atoms with Gasteiger partial charge in [0.25, 0.3) is 0 Å². The lowest BCUT2D eigenvalue weighted by Crippen LogP contribution is -2.29. The molecule has 0 radical (unpaired) electrons. The second-order valence-corrected chi connectivity index (χ2v) is 5.64. The van der Waals surface area contributed by atoms with E-state index in [0.717, 1.165) is 10.8 Å². The number of amides is 1. The lowest BCUT2D eigenvalue weighted by atomic mass is 10.1. The Hall–Kier alpha value is -2.51. The van der Waals surface area contributed by atoms with Crippen LogP contribution in [-0.2, 0) is 12.7 Å². The number of aromatic nitrogens is 1. The van der Waals surface area contributed by atoms with Crippen LogP contribution in [0.25, 0.3) is 0 Å². The van der Waals surface area contributed by atoms with Crippen LogP contribution in [0.2, 0.25) is 0 Å². The molecule has 1 N–H and O–H groups in total. The third kappa shape index (κ3) is 3.52. The molecule has 0 atom stereocenters. The van der Waals surface area contributed by atoms with Crippen molar-refractivity contribution < 1.29 is 22.5 Å². The highest BCUT2D eigenvalue weighted by molar-refractivity contribution is 5.76. The maximum Gasteiger partial charge on any atom is 0.416 e. The lowest BCUT2D eigenvalue weighted by molar-refractivity contribution is -0.138. The summed E-state index contributed by atoms with van der Waals surface area (Å²) < 4.78 is 44.4. The summed E-state index contributed by atoms with van der Waals surface area (Å²) in [6.07, 6.45) is -4.51. The minimum Gasteiger partial charge on any atom is -0.331 e. The summed E-state index contributed by atoms with van der Waals surface area (Å²) in [5.41, 5.74) is -0.834. The molecular weight excluding hydrogens is 325 g/mol. The smallest absolute Gasteiger partial charge is 0.331 e. The number of nitrogens with zero attached hydrogens (tertiary/aromatic N) is 1. The number of hydrogen-bond acceptors (Lipinski definition) is 3. The summed E-state index contributed by atoms with van der Waals surface area (Å²) in [4.78, 5) is 23.9. The quantitative estimate of drug-likeness (QED) is 0.926. The maximum absolute atomic E-state index is 12.9. The molecule has 0 fully saturated rings. The van der Waals surface area contributed by atoms with Crippen LogP contribution in [0.5, 0.6) is 0 Å². The molecule has 0 unspecified atom stereocenters. The molecule has 0 spiro atoms. The third-order valence-corrected chi connectivity index (χ3v) is 3.60. The monoisotopic (exact) mass is 342 g/mol. The number of benzene rings is 1. The summed E-state index contributed by atoms with van der Waals surface area (Å²) in [6, 6.07) is 4.15. The molecule has 2 aromatic rings. The van der Waals surface area contributed by atoms with E-state index in [2.05, 4.69) is 5.32 Å². The topological polar surface area (TPSA) is 64.2 Å². The van der Waals surface area contributed by atoms with E-state index in [1.165, 1.54) is 18.2 Å². The fraction of sp³-hybridized carbons (Fsp3) is 0.375. The zero-order valence-electron chi connectivity index (χ0n) is 13.4. The first kappa shape index (κ1) is 17.8. The van der Waals surface area contributed by atoms with E-state index in [-0.39, 0.29) is 18.0 Å². The van der Waals surface area contributed by atoms with Crippen molar-refractivity contribution in [2.75, 3.05) is 0 Å². The van der Waals surface area contributed by atoms with Crippen molar-refractivity contribution in [1.82, 2.24) is 10.1 Å². The molecule has 0 saturated heterocycles. The van der Waals surface area contributed by atoms with E-state index in [9.17, 15) is 22.8 Å². The molecular formula is C16H17F3N2O3. The van der Waals surface area contributed by atoms with Crippen LogP contribution < -0.4 is 10.9 Å². The van der Waals surface area contributed by atoms with Crippen molar-refractivity contribution in [1.29, 1.82) is 0 Å². The standard InChI is InChI=1S/C16H17F3N2O3/c1-9(2)13-10(3)21(24-14(13)22)15(23)20-8-11-6-4-5-7-12(11)16(17,18)19/h4-7,9H,8H2,1-3H3,(H,20,23). The van der Waals surface area contributed by atoms with Crippen LogP contribution in [0.3, 0.4) is 0 Å². The molecule has 5 nitrogen and oxygen atoms in total. The number of hydrogen-bond donors (Lipinski definition) is 1. The zero-order valence-corrected chi connectivity index (χ0v) is 13.4. The van der Waals surface area contributed by atoms with Crippen molar-refractivity contribution in [2.45, 2.75) is 39.4 Å². The summed E-state index contributed by atoms with van der Waals surface area (Å²) in [6.45, 7) is 4.76. The van der Waals surface area contributed by atoms with Crippen LogP contribution in [0.1, 0.15) is 42.1 Å². The van der Waals surface area contributed by atoms with Crippen LogP contribution in [0.4, 0.5) is 18.0 Å². The normalized spacial score (nSPS) is 11.8. The van der Waals surface area contributed by atoms with Gasteiger partial charge in [-0.1, -0.05) is 32.0 Å². The SMILES string of the molecule is Cc1c(C(C)C)c(=O)on1C(=O)NCc1ccccc1C(F)(F)F. The Bertz CT molecular complexity index is 804. The van der Waals surface area contributed by atoms with E-state index < -0.39 is 23.4 Å². The minimum absolute atomic E-state index is 0.0745. The number of rotatable bonds is 3. The van der Waals surface area contributed by atoms with Gasteiger partial charge in [0.05, 0.1) is 16.8 Å². The van der Waals surface area contributed by atoms with Crippen molar-refractivity contribution in [3.63, 3.8) is 0 Å². The van der Waals surface area contributed by atoms with Crippen LogP contribution in [-0.4, -0.2) is 10.8 Å². The molecule has 1 aromatic heterocycles. The van der Waals surface area contributed by atoms with Gasteiger partial charge in [-0.2, -0.15) is 13.2 Å². The van der Waals surface area contributed by atoms with Gasteiger partial charge in [0.2, 0.25) is 0 Å². The number of halogens is 3. The van der Waals surface area contributed by atoms with Gasteiger partial charge in [-0.3, -0.25) is 0 Å². The average molecular weight is 342 g/mol. The third-order valence-electron chi connectivity index (χ3n) is 3.60. The van der Waals surface area contributed by atoms with Crippen molar-refractivity contribution in [3.8, 4) is 0 Å². The molecule has 1 amide bonds. The van der Waals surface area contributed by atoms with E-state index in [0.29, 0.717) is 11.3 Å². The molecule has 0 bridgehead atoms. The predicted molar refractivity (Wildman–Crippen MR) is 80.9 cm³/mol. The molecule has 1 heterocycles. The van der Waals surface area contributed by atoms with Gasteiger partial charge < -0.3 is 9.84 Å². The second-order valence-electron chi connectivity index (χ2n) is 5.64. The molecule has 8 heteroatoms. The lowest BCUT2D eigenvalue weighted by Gasteiger charge is -2.13. The fourth-order valence-electron chi connectivity index (χ4n) is 2.50. The van der Waals surface area contributed by atoms with Gasteiger partial charge in [-0.05, 0) is 24.5 Å². The fourth-order valence-corrected chi connectivity index (χ4v) is 2.50. The van der Waals surface area contributed by atoms with Gasteiger partial charge in [0.1, 0.15) is 0 Å². The molecule has 0 aliphatic heterocycles. The second kappa shape index (κ2) is 6.54. The molecule has 130 valence electrons. The Balaban J connectivity index is 2.22. The summed E-state index contributed by atoms with van der Waals surface area (Å²) >= 11 is 0. The number of nitrogens with one attached hydrogen (secondary N) is 1. The Morgan fingerprint density at radius 1 is 1.29 bits per heavy atom. The highest BCUT2D eigenvalue weighted by Gasteiger charge is 2.33. The van der Waals surface area contributed by atoms with E-state index in [1.807, 2.05) is 0 Å². The van der Waals surface area contributed by atoms with Crippen LogP contribution >= 0.6 is 0 Å². The summed E-state index contributed by atoms with van der Waals surface area (Å²) in [5, 5.41) is 2.34. The predicted octanol–water partition coefficient (Wildman–Crippen LogP) is 3.65. The van der Waals surface area contributed by atoms with E-state index in [1.54, 1.807) is 20.8 Å². The first-order valence-electron chi connectivity index (χ1n) is 7.29. The molecule has 0 aliphatic carbocycles. The number of carbonyl (C=O) groups is 1. The van der Waals surface area contributed by atoms with Gasteiger partial charge in [-0.25, -0.2) is 9.59 Å². The Morgan fingerprint density at radius 2 is 1.92 bits per heavy atom. The molecule has 24 heavy (non-hydrogen) atoms. The Labute approximate surface area is 136 Å². The molecule has 1 aromatic carbocycles. The van der Waals surface area contributed by atoms with Gasteiger partial charge in [0, 0.05) is 6.54 Å². The highest BCUT2D eigenvalue weighted by atomic mass is 19.4. The van der Waals surface area contributed by atoms with Crippen molar-refractivity contribution >= 4 is 6.03 Å². The maximum atomic E-state index is 12.9. The average Bonchev–Trinajstić information content (AvgIpc) is 2.79.